The van der Waals surface area contributed by atoms with Crippen LogP contribution in [0.2, 0.25) is 0 Å². The first-order valence-electron chi connectivity index (χ1n) is 12.0. The Morgan fingerprint density at radius 2 is 1.62 bits per heavy atom. The molecule has 7 nitrogen and oxygen atoms in total. The Hall–Kier alpha value is -3.35. The maximum absolute atomic E-state index is 12.9. The number of aliphatic carboxylic acids is 1. The van der Waals surface area contributed by atoms with Crippen LogP contribution in [0.25, 0.3) is 11.1 Å². The highest BCUT2D eigenvalue weighted by molar-refractivity contribution is 5.86. The van der Waals surface area contributed by atoms with Crippen molar-refractivity contribution >= 4 is 18.0 Å². The van der Waals surface area contributed by atoms with Crippen LogP contribution in [-0.2, 0) is 14.3 Å². The number of hydrogen-bond acceptors (Lipinski definition) is 4. The largest absolute Gasteiger partial charge is 0.481 e. The smallest absolute Gasteiger partial charge is 0.407 e. The van der Waals surface area contributed by atoms with E-state index >= 15 is 0 Å². The number of carboxylic acids is 1. The summed E-state index contributed by atoms with van der Waals surface area (Å²) in [6.07, 6.45) is 1.43. The van der Waals surface area contributed by atoms with Crippen LogP contribution in [0.1, 0.15) is 56.6 Å². The van der Waals surface area contributed by atoms with E-state index in [9.17, 15) is 19.5 Å². The van der Waals surface area contributed by atoms with E-state index in [0.717, 1.165) is 22.3 Å². The highest BCUT2D eigenvalue weighted by Crippen LogP contribution is 2.44. The van der Waals surface area contributed by atoms with Crippen LogP contribution in [0.15, 0.2) is 48.5 Å². The van der Waals surface area contributed by atoms with Crippen molar-refractivity contribution in [3.8, 4) is 11.1 Å². The van der Waals surface area contributed by atoms with Crippen molar-refractivity contribution in [2.75, 3.05) is 6.61 Å². The van der Waals surface area contributed by atoms with Gasteiger partial charge in [-0.25, -0.2) is 4.79 Å². The van der Waals surface area contributed by atoms with Crippen molar-refractivity contribution in [2.45, 2.75) is 57.5 Å². The summed E-state index contributed by atoms with van der Waals surface area (Å²) in [7, 11) is 0. The van der Waals surface area contributed by atoms with Gasteiger partial charge in [0.2, 0.25) is 5.91 Å². The summed E-state index contributed by atoms with van der Waals surface area (Å²) in [4.78, 5) is 36.8. The van der Waals surface area contributed by atoms with Crippen molar-refractivity contribution < 1.29 is 24.2 Å². The van der Waals surface area contributed by atoms with Crippen LogP contribution >= 0.6 is 0 Å². The van der Waals surface area contributed by atoms with Gasteiger partial charge in [-0.05, 0) is 53.9 Å². The average molecular weight is 465 g/mol. The molecule has 4 rings (SSSR count). The van der Waals surface area contributed by atoms with E-state index in [-0.39, 0.29) is 30.4 Å². The molecule has 0 aliphatic heterocycles. The molecule has 0 unspecified atom stereocenters. The second kappa shape index (κ2) is 10.3. The van der Waals surface area contributed by atoms with Crippen LogP contribution in [0.5, 0.6) is 0 Å². The number of fused-ring (bicyclic) bond motifs is 3. The van der Waals surface area contributed by atoms with Gasteiger partial charge in [-0.3, -0.25) is 9.59 Å². The Morgan fingerprint density at radius 3 is 2.18 bits per heavy atom. The summed E-state index contributed by atoms with van der Waals surface area (Å²) < 4.78 is 5.61. The van der Waals surface area contributed by atoms with E-state index in [0.29, 0.717) is 25.7 Å². The first-order valence-corrected chi connectivity index (χ1v) is 12.0. The van der Waals surface area contributed by atoms with Crippen molar-refractivity contribution in [1.29, 1.82) is 0 Å². The molecule has 0 saturated heterocycles. The van der Waals surface area contributed by atoms with E-state index < -0.39 is 24.0 Å². The summed E-state index contributed by atoms with van der Waals surface area (Å²) in [5, 5.41) is 14.9. The topological polar surface area (TPSA) is 105 Å². The minimum absolute atomic E-state index is 0.0537. The standard InChI is InChI=1S/C27H32N2O5/c1-16(2)13-24(25(30)28-18-12-11-17(14-18)26(31)32)29-27(33)34-15-23-21-9-5-3-7-19(21)20-8-4-6-10-22(20)23/h3-10,16-18,23-24H,11-15H2,1-2H3,(H,28,30)(H,29,33)(H,31,32)/t17-,18+,24-/m1/s1. The van der Waals surface area contributed by atoms with Gasteiger partial charge in [0, 0.05) is 12.0 Å². The summed E-state index contributed by atoms with van der Waals surface area (Å²) in [6.45, 7) is 4.14. The third kappa shape index (κ3) is 5.24. The van der Waals surface area contributed by atoms with Crippen LogP contribution in [0.3, 0.4) is 0 Å². The van der Waals surface area contributed by atoms with Gasteiger partial charge >= 0.3 is 12.1 Å². The molecule has 3 atom stereocenters. The number of carbonyl (C=O) groups is 3. The molecule has 2 amide bonds. The SMILES string of the molecule is CC(C)C[C@@H](NC(=O)OCC1c2ccccc2-c2ccccc21)C(=O)N[C@H]1CC[C@@H](C(=O)O)C1. The first kappa shape index (κ1) is 23.8. The first-order chi connectivity index (χ1) is 16.3. The fraction of sp³-hybridized carbons (Fsp3) is 0.444. The van der Waals surface area contributed by atoms with E-state index in [2.05, 4.69) is 34.9 Å². The molecule has 1 saturated carbocycles. The third-order valence-electron chi connectivity index (χ3n) is 6.79. The number of nitrogens with one attached hydrogen (secondary N) is 2. The number of alkyl carbamates (subject to hydrolysis) is 1. The molecule has 2 aromatic carbocycles. The summed E-state index contributed by atoms with van der Waals surface area (Å²) >= 11 is 0. The Morgan fingerprint density at radius 1 is 1.00 bits per heavy atom. The molecule has 0 heterocycles. The van der Waals surface area contributed by atoms with E-state index in [1.165, 1.54) is 0 Å². The molecular weight excluding hydrogens is 432 g/mol. The second-order valence-corrected chi connectivity index (χ2v) is 9.71. The van der Waals surface area contributed by atoms with Gasteiger partial charge in [0.25, 0.3) is 0 Å². The molecule has 2 aliphatic carbocycles. The molecule has 0 radical (unpaired) electrons. The lowest BCUT2D eigenvalue weighted by atomic mass is 9.98. The number of hydrogen-bond donors (Lipinski definition) is 3. The van der Waals surface area contributed by atoms with Gasteiger partial charge in [-0.15, -0.1) is 0 Å². The van der Waals surface area contributed by atoms with Crippen LogP contribution in [-0.4, -0.2) is 41.8 Å². The molecule has 34 heavy (non-hydrogen) atoms. The lowest BCUT2D eigenvalue weighted by Gasteiger charge is -2.23. The second-order valence-electron chi connectivity index (χ2n) is 9.71. The fourth-order valence-corrected chi connectivity index (χ4v) is 5.12. The van der Waals surface area contributed by atoms with Crippen LogP contribution in [0, 0.1) is 11.8 Å². The molecule has 7 heteroatoms. The van der Waals surface area contributed by atoms with E-state index in [1.54, 1.807) is 0 Å². The van der Waals surface area contributed by atoms with Crippen molar-refractivity contribution in [3.05, 3.63) is 59.7 Å². The quantitative estimate of drug-likeness (QED) is 0.540. The van der Waals surface area contributed by atoms with Crippen molar-refractivity contribution in [1.82, 2.24) is 10.6 Å². The van der Waals surface area contributed by atoms with E-state index in [4.69, 9.17) is 4.74 Å². The molecule has 0 spiro atoms. The molecular formula is C27H32N2O5. The minimum atomic E-state index is -0.827. The predicted octanol–water partition coefficient (Wildman–Crippen LogP) is 4.31. The zero-order chi connectivity index (χ0) is 24.2. The number of benzene rings is 2. The molecule has 180 valence electrons. The Kier molecular flexibility index (Phi) is 7.20. The number of carboxylic acid groups (broad SMARTS) is 1. The molecule has 2 aliphatic rings. The minimum Gasteiger partial charge on any atom is -0.481 e. The molecule has 1 fully saturated rings. The predicted molar refractivity (Wildman–Crippen MR) is 128 cm³/mol. The van der Waals surface area contributed by atoms with Crippen molar-refractivity contribution in [3.63, 3.8) is 0 Å². The van der Waals surface area contributed by atoms with Gasteiger partial charge < -0.3 is 20.5 Å². The van der Waals surface area contributed by atoms with Crippen LogP contribution < -0.4 is 10.6 Å². The number of ether oxygens (including phenoxy) is 1. The molecule has 0 bridgehead atoms. The zero-order valence-corrected chi connectivity index (χ0v) is 19.6. The van der Waals surface area contributed by atoms with E-state index in [1.807, 2.05) is 38.1 Å². The molecule has 2 aromatic rings. The molecule has 0 aromatic heterocycles. The third-order valence-corrected chi connectivity index (χ3v) is 6.79. The zero-order valence-electron chi connectivity index (χ0n) is 19.6. The normalized spacial score (nSPS) is 19.9. The summed E-state index contributed by atoms with van der Waals surface area (Å²) in [6, 6.07) is 15.3. The molecule has 3 N–H and O–H groups in total. The number of amides is 2. The lowest BCUT2D eigenvalue weighted by molar-refractivity contribution is -0.141. The van der Waals surface area contributed by atoms with Gasteiger partial charge in [0.05, 0.1) is 5.92 Å². The van der Waals surface area contributed by atoms with Gasteiger partial charge in [0.1, 0.15) is 12.6 Å². The monoisotopic (exact) mass is 464 g/mol. The summed E-state index contributed by atoms with van der Waals surface area (Å²) in [5.41, 5.74) is 4.56. The van der Waals surface area contributed by atoms with Gasteiger partial charge in [-0.2, -0.15) is 0 Å². The summed E-state index contributed by atoms with van der Waals surface area (Å²) in [5.74, 6) is -1.42. The Bertz CT molecular complexity index is 1020. The maximum Gasteiger partial charge on any atom is 0.407 e. The van der Waals surface area contributed by atoms with Gasteiger partial charge in [-0.1, -0.05) is 62.4 Å². The van der Waals surface area contributed by atoms with Crippen molar-refractivity contribution in [2.24, 2.45) is 11.8 Å². The average Bonchev–Trinajstić information content (AvgIpc) is 3.40. The Balaban J connectivity index is 1.37. The lowest BCUT2D eigenvalue weighted by Crippen LogP contribution is -2.50. The highest BCUT2D eigenvalue weighted by atomic mass is 16.5. The highest BCUT2D eigenvalue weighted by Gasteiger charge is 2.33. The van der Waals surface area contributed by atoms with Crippen LogP contribution in [0.4, 0.5) is 4.79 Å². The maximum atomic E-state index is 12.9. The fourth-order valence-electron chi connectivity index (χ4n) is 5.12. The van der Waals surface area contributed by atoms with Gasteiger partial charge in [0.15, 0.2) is 0 Å². The number of carbonyl (C=O) groups excluding carboxylic acids is 2. The number of rotatable bonds is 8. The Labute approximate surface area is 199 Å².